The minimum absolute atomic E-state index is 0.0329. The van der Waals surface area contributed by atoms with Crippen LogP contribution < -0.4 is 5.32 Å². The van der Waals surface area contributed by atoms with Crippen molar-refractivity contribution in [2.24, 2.45) is 0 Å². The van der Waals surface area contributed by atoms with E-state index in [0.29, 0.717) is 5.02 Å². The molecule has 3 nitrogen and oxygen atoms in total. The molecule has 1 amide bonds. The maximum absolute atomic E-state index is 11.8. The first kappa shape index (κ1) is 13.7. The number of rotatable bonds is 4. The van der Waals surface area contributed by atoms with E-state index in [0.717, 1.165) is 24.2 Å². The van der Waals surface area contributed by atoms with Crippen LogP contribution in [0.3, 0.4) is 0 Å². The van der Waals surface area contributed by atoms with E-state index >= 15 is 0 Å². The largest absolute Gasteiger partial charge is 0.387 e. The highest BCUT2D eigenvalue weighted by molar-refractivity contribution is 8.00. The second-order valence-electron chi connectivity index (χ2n) is 4.31. The Hall–Kier alpha value is -0.710. The lowest BCUT2D eigenvalue weighted by atomic mass is 10.1. The summed E-state index contributed by atoms with van der Waals surface area (Å²) in [5, 5.41) is 13.4. The van der Waals surface area contributed by atoms with E-state index in [2.05, 4.69) is 5.32 Å². The molecule has 5 heteroatoms. The molecule has 1 saturated heterocycles. The summed E-state index contributed by atoms with van der Waals surface area (Å²) in [5.74, 6) is 1.09. The molecule has 0 aliphatic carbocycles. The summed E-state index contributed by atoms with van der Waals surface area (Å²) in [6.45, 7) is 0.248. The number of hydrogen-bond donors (Lipinski definition) is 2. The molecule has 0 bridgehead atoms. The Morgan fingerprint density at radius 2 is 2.22 bits per heavy atom. The van der Waals surface area contributed by atoms with Crippen molar-refractivity contribution in [3.05, 3.63) is 34.9 Å². The second-order valence-corrected chi connectivity index (χ2v) is 6.06. The van der Waals surface area contributed by atoms with Crippen LogP contribution in [0.15, 0.2) is 24.3 Å². The average molecular weight is 286 g/mol. The highest BCUT2D eigenvalue weighted by Gasteiger charge is 2.23. The molecule has 1 aromatic rings. The van der Waals surface area contributed by atoms with Crippen LogP contribution in [0.2, 0.25) is 5.02 Å². The number of halogens is 1. The fraction of sp³-hybridized carbons (Fsp3) is 0.462. The molecule has 1 aliphatic heterocycles. The van der Waals surface area contributed by atoms with Crippen molar-refractivity contribution >= 4 is 29.3 Å². The van der Waals surface area contributed by atoms with Crippen molar-refractivity contribution in [3.8, 4) is 0 Å². The van der Waals surface area contributed by atoms with Crippen LogP contribution in [0.5, 0.6) is 0 Å². The van der Waals surface area contributed by atoms with Gasteiger partial charge in [0.15, 0.2) is 0 Å². The lowest BCUT2D eigenvalue weighted by molar-refractivity contribution is -0.121. The predicted molar refractivity (Wildman–Crippen MR) is 74.9 cm³/mol. The maximum atomic E-state index is 11.8. The van der Waals surface area contributed by atoms with E-state index in [1.807, 2.05) is 0 Å². The van der Waals surface area contributed by atoms with Crippen molar-refractivity contribution in [3.63, 3.8) is 0 Å². The zero-order valence-electron chi connectivity index (χ0n) is 9.93. The number of aliphatic hydroxyl groups excluding tert-OH is 1. The maximum Gasteiger partial charge on any atom is 0.233 e. The second kappa shape index (κ2) is 6.45. The van der Waals surface area contributed by atoms with Crippen LogP contribution in [0.1, 0.15) is 24.5 Å². The molecule has 1 aliphatic rings. The number of carbonyl (C=O) groups excluding carboxylic acids is 1. The van der Waals surface area contributed by atoms with Gasteiger partial charge >= 0.3 is 0 Å². The summed E-state index contributed by atoms with van der Waals surface area (Å²) in [5.41, 5.74) is 0.763. The molecule has 2 rings (SSSR count). The molecule has 1 fully saturated rings. The Morgan fingerprint density at radius 3 is 2.83 bits per heavy atom. The quantitative estimate of drug-likeness (QED) is 0.893. The standard InChI is InChI=1S/C13H16ClNO2S/c14-10-5-3-9(4-6-10)11(16)8-15-13(17)12-2-1-7-18-12/h3-6,11-12,16H,1-2,7-8H2,(H,15,17). The van der Waals surface area contributed by atoms with Crippen LogP contribution in [0.4, 0.5) is 0 Å². The Balaban J connectivity index is 1.82. The van der Waals surface area contributed by atoms with Gasteiger partial charge in [0.1, 0.15) is 0 Å². The average Bonchev–Trinajstić information content (AvgIpc) is 2.90. The predicted octanol–water partition coefficient (Wildman–Crippen LogP) is 2.39. The summed E-state index contributed by atoms with van der Waals surface area (Å²) in [6, 6.07) is 7.00. The van der Waals surface area contributed by atoms with Crippen molar-refractivity contribution in [1.82, 2.24) is 5.32 Å². The van der Waals surface area contributed by atoms with E-state index in [-0.39, 0.29) is 17.7 Å². The lowest BCUT2D eigenvalue weighted by Gasteiger charge is -2.14. The number of aliphatic hydroxyl groups is 1. The molecular weight excluding hydrogens is 270 g/mol. The number of carbonyl (C=O) groups is 1. The van der Waals surface area contributed by atoms with E-state index in [1.165, 1.54) is 0 Å². The molecule has 0 radical (unpaired) electrons. The molecule has 18 heavy (non-hydrogen) atoms. The monoisotopic (exact) mass is 285 g/mol. The highest BCUT2D eigenvalue weighted by Crippen LogP contribution is 2.26. The van der Waals surface area contributed by atoms with Gasteiger partial charge in [-0.25, -0.2) is 0 Å². The third-order valence-electron chi connectivity index (χ3n) is 2.95. The fourth-order valence-electron chi connectivity index (χ4n) is 1.90. The Kier molecular flexibility index (Phi) is 4.92. The van der Waals surface area contributed by atoms with Crippen LogP contribution >= 0.6 is 23.4 Å². The molecule has 0 spiro atoms. The summed E-state index contributed by atoms with van der Waals surface area (Å²) in [7, 11) is 0. The zero-order chi connectivity index (χ0) is 13.0. The first-order chi connectivity index (χ1) is 8.66. The van der Waals surface area contributed by atoms with E-state index < -0.39 is 6.10 Å². The normalized spacial score (nSPS) is 20.7. The Bertz CT molecular complexity index is 404. The summed E-state index contributed by atoms with van der Waals surface area (Å²) < 4.78 is 0. The molecule has 0 aromatic heterocycles. The van der Waals surface area contributed by atoms with Gasteiger partial charge in [-0.1, -0.05) is 23.7 Å². The van der Waals surface area contributed by atoms with Gasteiger partial charge in [-0.2, -0.15) is 0 Å². The molecule has 2 N–H and O–H groups in total. The summed E-state index contributed by atoms with van der Waals surface area (Å²) in [4.78, 5) is 11.8. The Morgan fingerprint density at radius 1 is 1.50 bits per heavy atom. The van der Waals surface area contributed by atoms with Gasteiger partial charge in [0.2, 0.25) is 5.91 Å². The number of hydrogen-bond acceptors (Lipinski definition) is 3. The van der Waals surface area contributed by atoms with Crippen LogP contribution in [0.25, 0.3) is 0 Å². The van der Waals surface area contributed by atoms with Gasteiger partial charge in [0.25, 0.3) is 0 Å². The van der Waals surface area contributed by atoms with Crippen LogP contribution in [-0.4, -0.2) is 28.6 Å². The molecule has 0 saturated carbocycles. The zero-order valence-corrected chi connectivity index (χ0v) is 11.5. The smallest absolute Gasteiger partial charge is 0.233 e. The number of nitrogens with one attached hydrogen (secondary N) is 1. The molecule has 98 valence electrons. The molecule has 1 heterocycles. The molecular formula is C13H16ClNO2S. The minimum Gasteiger partial charge on any atom is -0.387 e. The van der Waals surface area contributed by atoms with Crippen molar-refractivity contribution < 1.29 is 9.90 Å². The first-order valence-electron chi connectivity index (χ1n) is 5.99. The topological polar surface area (TPSA) is 49.3 Å². The molecule has 2 unspecified atom stereocenters. The third-order valence-corrected chi connectivity index (χ3v) is 4.58. The number of thioether (sulfide) groups is 1. The SMILES string of the molecule is O=C(NCC(O)c1ccc(Cl)cc1)C1CCCS1. The van der Waals surface area contributed by atoms with Gasteiger partial charge in [0, 0.05) is 11.6 Å². The lowest BCUT2D eigenvalue weighted by Crippen LogP contribution is -2.34. The third kappa shape index (κ3) is 3.64. The first-order valence-corrected chi connectivity index (χ1v) is 7.42. The van der Waals surface area contributed by atoms with Gasteiger partial charge < -0.3 is 10.4 Å². The molecule has 1 aromatic carbocycles. The van der Waals surface area contributed by atoms with E-state index in [1.54, 1.807) is 36.0 Å². The Labute approximate surface area is 116 Å². The summed E-state index contributed by atoms with van der Waals surface area (Å²) in [6.07, 6.45) is 1.35. The van der Waals surface area contributed by atoms with Crippen molar-refractivity contribution in [2.75, 3.05) is 12.3 Å². The summed E-state index contributed by atoms with van der Waals surface area (Å²) >= 11 is 7.46. The van der Waals surface area contributed by atoms with Crippen LogP contribution in [0, 0.1) is 0 Å². The van der Waals surface area contributed by atoms with Gasteiger partial charge in [-0.05, 0) is 36.3 Å². The van der Waals surface area contributed by atoms with Gasteiger partial charge in [-0.3, -0.25) is 4.79 Å². The fourth-order valence-corrected chi connectivity index (χ4v) is 3.21. The van der Waals surface area contributed by atoms with Crippen molar-refractivity contribution in [2.45, 2.75) is 24.2 Å². The van der Waals surface area contributed by atoms with Crippen LogP contribution in [-0.2, 0) is 4.79 Å². The highest BCUT2D eigenvalue weighted by atomic mass is 35.5. The minimum atomic E-state index is -0.683. The van der Waals surface area contributed by atoms with E-state index in [4.69, 9.17) is 11.6 Å². The van der Waals surface area contributed by atoms with E-state index in [9.17, 15) is 9.90 Å². The number of benzene rings is 1. The molecule has 2 atom stereocenters. The van der Waals surface area contributed by atoms with Crippen molar-refractivity contribution in [1.29, 1.82) is 0 Å². The van der Waals surface area contributed by atoms with Gasteiger partial charge in [0.05, 0.1) is 11.4 Å². The number of amides is 1. The van der Waals surface area contributed by atoms with Gasteiger partial charge in [-0.15, -0.1) is 11.8 Å².